The Labute approximate surface area is 213 Å². The van der Waals surface area contributed by atoms with E-state index in [4.69, 9.17) is 9.47 Å². The third-order valence-electron chi connectivity index (χ3n) is 4.89. The first-order valence-corrected chi connectivity index (χ1v) is 12.1. The number of unbranched alkanes of at least 4 members (excludes halogenated alkanes) is 1. The molecule has 3 rings (SSSR count). The number of rotatable bonds is 12. The SMILES string of the molecule is CCCCOc1ccc(C(=O)NCC(=O)NN=Cc2cc(Br)ccc2OCc2ccccc2)cc1. The van der Waals surface area contributed by atoms with Crippen molar-refractivity contribution in [2.45, 2.75) is 26.4 Å². The van der Waals surface area contributed by atoms with E-state index in [0.717, 1.165) is 22.9 Å². The summed E-state index contributed by atoms with van der Waals surface area (Å²) in [7, 11) is 0. The summed E-state index contributed by atoms with van der Waals surface area (Å²) >= 11 is 3.44. The van der Waals surface area contributed by atoms with Crippen molar-refractivity contribution < 1.29 is 19.1 Å². The van der Waals surface area contributed by atoms with Gasteiger partial charge in [-0.15, -0.1) is 0 Å². The molecule has 7 nitrogen and oxygen atoms in total. The fraction of sp³-hybridized carbons (Fsp3) is 0.222. The molecule has 0 unspecified atom stereocenters. The topological polar surface area (TPSA) is 89.0 Å². The van der Waals surface area contributed by atoms with E-state index in [1.165, 1.54) is 6.21 Å². The van der Waals surface area contributed by atoms with Crippen LogP contribution in [0.4, 0.5) is 0 Å². The van der Waals surface area contributed by atoms with Crippen molar-refractivity contribution in [1.82, 2.24) is 10.7 Å². The van der Waals surface area contributed by atoms with Gasteiger partial charge in [0.15, 0.2) is 0 Å². The largest absolute Gasteiger partial charge is 0.494 e. The van der Waals surface area contributed by atoms with Crippen LogP contribution in [0.25, 0.3) is 0 Å². The first-order valence-electron chi connectivity index (χ1n) is 11.3. The fourth-order valence-electron chi connectivity index (χ4n) is 3.00. The minimum atomic E-state index is -0.448. The van der Waals surface area contributed by atoms with E-state index >= 15 is 0 Å². The van der Waals surface area contributed by atoms with Crippen LogP contribution in [-0.2, 0) is 11.4 Å². The van der Waals surface area contributed by atoms with Crippen LogP contribution in [0.2, 0.25) is 0 Å². The van der Waals surface area contributed by atoms with Crippen LogP contribution in [0.1, 0.15) is 41.3 Å². The van der Waals surface area contributed by atoms with Crippen LogP contribution < -0.4 is 20.2 Å². The second kappa shape index (κ2) is 13.9. The molecule has 0 bridgehead atoms. The molecule has 182 valence electrons. The van der Waals surface area contributed by atoms with Gasteiger partial charge in [-0.1, -0.05) is 59.6 Å². The van der Waals surface area contributed by atoms with Crippen LogP contribution >= 0.6 is 15.9 Å². The van der Waals surface area contributed by atoms with Crippen molar-refractivity contribution >= 4 is 34.0 Å². The van der Waals surface area contributed by atoms with Crippen LogP contribution in [0.5, 0.6) is 11.5 Å². The van der Waals surface area contributed by atoms with Gasteiger partial charge in [0.2, 0.25) is 0 Å². The molecule has 3 aromatic carbocycles. The molecule has 0 heterocycles. The highest BCUT2D eigenvalue weighted by Gasteiger charge is 2.08. The zero-order chi connectivity index (χ0) is 24.9. The van der Waals surface area contributed by atoms with E-state index < -0.39 is 5.91 Å². The second-order valence-electron chi connectivity index (χ2n) is 7.66. The summed E-state index contributed by atoms with van der Waals surface area (Å²) in [5.41, 5.74) is 4.60. The Bertz CT molecular complexity index is 1130. The summed E-state index contributed by atoms with van der Waals surface area (Å²) < 4.78 is 12.4. The number of carbonyl (C=O) groups excluding carboxylic acids is 2. The molecule has 0 saturated carbocycles. The zero-order valence-electron chi connectivity index (χ0n) is 19.5. The van der Waals surface area contributed by atoms with Gasteiger partial charge in [-0.05, 0) is 54.4 Å². The maximum absolute atomic E-state index is 12.3. The predicted octanol–water partition coefficient (Wildman–Crippen LogP) is 5.09. The van der Waals surface area contributed by atoms with E-state index in [-0.39, 0.29) is 12.5 Å². The fourth-order valence-corrected chi connectivity index (χ4v) is 3.38. The quantitative estimate of drug-likeness (QED) is 0.191. The Morgan fingerprint density at radius 1 is 1.00 bits per heavy atom. The normalized spacial score (nSPS) is 10.7. The molecule has 0 aromatic heterocycles. The molecule has 0 aliphatic rings. The number of hydrogen-bond acceptors (Lipinski definition) is 5. The highest BCUT2D eigenvalue weighted by molar-refractivity contribution is 9.10. The van der Waals surface area contributed by atoms with Crippen molar-refractivity contribution in [3.63, 3.8) is 0 Å². The summed E-state index contributed by atoms with van der Waals surface area (Å²) in [6, 6.07) is 22.2. The van der Waals surface area contributed by atoms with Gasteiger partial charge in [-0.3, -0.25) is 9.59 Å². The number of ether oxygens (including phenoxy) is 2. The van der Waals surface area contributed by atoms with Crippen molar-refractivity contribution in [3.05, 3.63) is 94.0 Å². The molecule has 3 aromatic rings. The standard InChI is InChI=1S/C27H28BrN3O4/c1-2-3-15-34-24-12-9-21(10-13-24)27(33)29-18-26(32)31-30-17-22-16-23(28)11-14-25(22)35-19-20-7-5-4-6-8-20/h4-14,16-17H,2-3,15,18-19H2,1H3,(H,29,33)(H,31,32). The van der Waals surface area contributed by atoms with E-state index in [9.17, 15) is 9.59 Å². The Hall–Kier alpha value is -3.65. The summed E-state index contributed by atoms with van der Waals surface area (Å²) in [5, 5.41) is 6.58. The van der Waals surface area contributed by atoms with Gasteiger partial charge in [0.05, 0.1) is 19.4 Å². The number of hydrazone groups is 1. The van der Waals surface area contributed by atoms with Crippen LogP contribution in [0, 0.1) is 0 Å². The van der Waals surface area contributed by atoms with E-state index in [1.807, 2.05) is 48.5 Å². The maximum Gasteiger partial charge on any atom is 0.259 e. The third-order valence-corrected chi connectivity index (χ3v) is 5.39. The van der Waals surface area contributed by atoms with Gasteiger partial charge in [0.1, 0.15) is 18.1 Å². The summed E-state index contributed by atoms with van der Waals surface area (Å²) in [4.78, 5) is 24.4. The van der Waals surface area contributed by atoms with E-state index in [2.05, 4.69) is 38.7 Å². The molecular formula is C27H28BrN3O4. The molecule has 0 radical (unpaired) electrons. The molecule has 0 saturated heterocycles. The Morgan fingerprint density at radius 3 is 2.51 bits per heavy atom. The number of halogens is 1. The number of nitrogens with one attached hydrogen (secondary N) is 2. The summed E-state index contributed by atoms with van der Waals surface area (Å²) in [5.74, 6) is 0.538. The minimum Gasteiger partial charge on any atom is -0.494 e. The number of amides is 2. The number of benzene rings is 3. The minimum absolute atomic E-state index is 0.208. The van der Waals surface area contributed by atoms with Crippen molar-refractivity contribution in [3.8, 4) is 11.5 Å². The highest BCUT2D eigenvalue weighted by atomic mass is 79.9. The van der Waals surface area contributed by atoms with Crippen LogP contribution in [0.3, 0.4) is 0 Å². The Kier molecular flexibility index (Phi) is 10.3. The number of carbonyl (C=O) groups is 2. The smallest absolute Gasteiger partial charge is 0.259 e. The van der Waals surface area contributed by atoms with Gasteiger partial charge >= 0.3 is 0 Å². The van der Waals surface area contributed by atoms with Gasteiger partial charge in [-0.2, -0.15) is 5.10 Å². The lowest BCUT2D eigenvalue weighted by Gasteiger charge is -2.10. The lowest BCUT2D eigenvalue weighted by atomic mass is 10.2. The average Bonchev–Trinajstić information content (AvgIpc) is 2.88. The molecule has 0 atom stereocenters. The van der Waals surface area contributed by atoms with Gasteiger partial charge in [0.25, 0.3) is 11.8 Å². The molecular weight excluding hydrogens is 510 g/mol. The molecule has 0 aliphatic carbocycles. The molecule has 35 heavy (non-hydrogen) atoms. The van der Waals surface area contributed by atoms with Crippen molar-refractivity contribution in [1.29, 1.82) is 0 Å². The van der Waals surface area contributed by atoms with Crippen LogP contribution in [-0.4, -0.2) is 31.2 Å². The zero-order valence-corrected chi connectivity index (χ0v) is 21.1. The van der Waals surface area contributed by atoms with Crippen molar-refractivity contribution in [2.24, 2.45) is 5.10 Å². The van der Waals surface area contributed by atoms with Gasteiger partial charge in [0, 0.05) is 15.6 Å². The molecule has 2 N–H and O–H groups in total. The Morgan fingerprint density at radius 2 is 1.77 bits per heavy atom. The lowest BCUT2D eigenvalue weighted by Crippen LogP contribution is -2.34. The molecule has 2 amide bonds. The second-order valence-corrected chi connectivity index (χ2v) is 8.57. The van der Waals surface area contributed by atoms with E-state index in [0.29, 0.717) is 35.8 Å². The predicted molar refractivity (Wildman–Crippen MR) is 140 cm³/mol. The highest BCUT2D eigenvalue weighted by Crippen LogP contribution is 2.23. The molecule has 0 aliphatic heterocycles. The number of nitrogens with zero attached hydrogens (tertiary/aromatic N) is 1. The monoisotopic (exact) mass is 537 g/mol. The first kappa shape index (κ1) is 26.0. The molecule has 8 heteroatoms. The Balaban J connectivity index is 1.47. The molecule has 0 spiro atoms. The van der Waals surface area contributed by atoms with Gasteiger partial charge in [-0.25, -0.2) is 5.43 Å². The molecule has 0 fully saturated rings. The van der Waals surface area contributed by atoms with Crippen LogP contribution in [0.15, 0.2) is 82.4 Å². The van der Waals surface area contributed by atoms with Gasteiger partial charge < -0.3 is 14.8 Å². The summed E-state index contributed by atoms with van der Waals surface area (Å²) in [6.45, 7) is 2.94. The first-order chi connectivity index (χ1) is 17.0. The average molecular weight is 538 g/mol. The maximum atomic E-state index is 12.3. The number of hydrogen-bond donors (Lipinski definition) is 2. The summed E-state index contributed by atoms with van der Waals surface area (Å²) in [6.07, 6.45) is 3.53. The lowest BCUT2D eigenvalue weighted by molar-refractivity contribution is -0.120. The van der Waals surface area contributed by atoms with E-state index in [1.54, 1.807) is 24.3 Å². The third kappa shape index (κ3) is 8.90. The van der Waals surface area contributed by atoms with Crippen molar-refractivity contribution in [2.75, 3.05) is 13.2 Å².